The third kappa shape index (κ3) is 12.0. The molecule has 13 heavy (non-hydrogen) atoms. The maximum atomic E-state index is 10.6. The predicted molar refractivity (Wildman–Crippen MR) is 64.5 cm³/mol. The standard InChI is InChI=1S/C6H13OS.C5H12/c1-5(7)6(2)8(3)4;1-4-5(2)3/h6H,1-4H3;5H,4H2,1-3H3/q+1;. The van der Waals surface area contributed by atoms with E-state index >= 15 is 0 Å². The van der Waals surface area contributed by atoms with Crippen LogP contribution in [-0.4, -0.2) is 23.5 Å². The number of rotatable bonds is 3. The molecule has 0 bridgehead atoms. The Morgan fingerprint density at radius 3 is 1.54 bits per heavy atom. The molecule has 0 N–H and O–H groups in total. The first kappa shape index (κ1) is 15.5. The Bertz CT molecular complexity index is 130. The molecule has 0 amide bonds. The van der Waals surface area contributed by atoms with Crippen molar-refractivity contribution in [1.29, 1.82) is 0 Å². The third-order valence-corrected chi connectivity index (χ3v) is 3.84. The zero-order valence-electron chi connectivity index (χ0n) is 10.2. The summed E-state index contributed by atoms with van der Waals surface area (Å²) in [6.45, 7) is 10.3. The Balaban J connectivity index is 0. The molecule has 0 aromatic rings. The van der Waals surface area contributed by atoms with Crippen LogP contribution in [0.1, 0.15) is 41.0 Å². The first-order valence-electron chi connectivity index (χ1n) is 4.89. The fourth-order valence-corrected chi connectivity index (χ4v) is 0.996. The van der Waals surface area contributed by atoms with E-state index in [1.807, 2.05) is 6.92 Å². The monoisotopic (exact) mass is 205 g/mol. The van der Waals surface area contributed by atoms with E-state index < -0.39 is 0 Å². The summed E-state index contributed by atoms with van der Waals surface area (Å²) in [6, 6.07) is 0. The quantitative estimate of drug-likeness (QED) is 0.648. The largest absolute Gasteiger partial charge is 0.294 e. The number of carbonyl (C=O) groups is 1. The lowest BCUT2D eigenvalue weighted by Gasteiger charge is -2.00. The van der Waals surface area contributed by atoms with E-state index in [-0.39, 0.29) is 16.1 Å². The molecule has 0 heterocycles. The topological polar surface area (TPSA) is 17.1 Å². The van der Waals surface area contributed by atoms with Gasteiger partial charge in [-0.2, -0.15) is 0 Å². The van der Waals surface area contributed by atoms with Gasteiger partial charge in [0.05, 0.1) is 12.5 Å². The fraction of sp³-hybridized carbons (Fsp3) is 0.909. The van der Waals surface area contributed by atoms with Crippen molar-refractivity contribution in [2.45, 2.75) is 46.3 Å². The molecule has 80 valence electrons. The van der Waals surface area contributed by atoms with Crippen LogP contribution >= 0.6 is 0 Å². The molecule has 0 aromatic carbocycles. The maximum absolute atomic E-state index is 10.6. The van der Waals surface area contributed by atoms with E-state index in [1.54, 1.807) is 6.92 Å². The Morgan fingerprint density at radius 2 is 1.54 bits per heavy atom. The highest BCUT2D eigenvalue weighted by Crippen LogP contribution is 1.98. The molecular weight excluding hydrogens is 180 g/mol. The van der Waals surface area contributed by atoms with Gasteiger partial charge in [-0.3, -0.25) is 4.79 Å². The lowest BCUT2D eigenvalue weighted by Crippen LogP contribution is -2.22. The molecule has 0 saturated heterocycles. The van der Waals surface area contributed by atoms with E-state index in [0.29, 0.717) is 5.78 Å². The van der Waals surface area contributed by atoms with Crippen molar-refractivity contribution < 1.29 is 4.79 Å². The summed E-state index contributed by atoms with van der Waals surface area (Å²) >= 11 is 0. The number of carbonyl (C=O) groups excluding carboxylic acids is 1. The van der Waals surface area contributed by atoms with E-state index in [1.165, 1.54) is 6.42 Å². The molecule has 0 spiro atoms. The number of Topliss-reactive ketones (excluding diaryl/α,β-unsaturated/α-hetero) is 1. The van der Waals surface area contributed by atoms with E-state index in [2.05, 4.69) is 33.3 Å². The van der Waals surface area contributed by atoms with Crippen LogP contribution in [0, 0.1) is 5.92 Å². The minimum absolute atomic E-state index is 0.259. The van der Waals surface area contributed by atoms with Crippen molar-refractivity contribution in [3.05, 3.63) is 0 Å². The minimum Gasteiger partial charge on any atom is -0.294 e. The van der Waals surface area contributed by atoms with Crippen molar-refractivity contribution in [3.8, 4) is 0 Å². The van der Waals surface area contributed by atoms with Crippen molar-refractivity contribution >= 4 is 16.7 Å². The van der Waals surface area contributed by atoms with Crippen LogP contribution < -0.4 is 0 Å². The van der Waals surface area contributed by atoms with Gasteiger partial charge in [0.2, 0.25) is 0 Å². The van der Waals surface area contributed by atoms with Gasteiger partial charge in [0.25, 0.3) is 0 Å². The molecule has 0 radical (unpaired) electrons. The molecule has 0 aliphatic carbocycles. The SMILES string of the molecule is CC(=O)C(C)[S+](C)C.CCC(C)C. The normalized spacial score (nSPS) is 12.4. The van der Waals surface area contributed by atoms with Gasteiger partial charge < -0.3 is 0 Å². The average molecular weight is 205 g/mol. The second-order valence-corrected chi connectivity index (χ2v) is 6.40. The Labute approximate surface area is 86.6 Å². The molecule has 0 fully saturated rings. The molecule has 0 aliphatic rings. The number of hydrogen-bond donors (Lipinski definition) is 0. The van der Waals surface area contributed by atoms with E-state index in [9.17, 15) is 4.79 Å². The van der Waals surface area contributed by atoms with E-state index in [4.69, 9.17) is 0 Å². The summed E-state index contributed by atoms with van der Waals surface area (Å²) in [6.07, 6.45) is 5.48. The second kappa shape index (κ2) is 8.61. The van der Waals surface area contributed by atoms with Crippen LogP contribution in [-0.2, 0) is 15.7 Å². The van der Waals surface area contributed by atoms with Gasteiger partial charge in [0.15, 0.2) is 11.0 Å². The average Bonchev–Trinajstić information content (AvgIpc) is 2.03. The van der Waals surface area contributed by atoms with Crippen molar-refractivity contribution in [3.63, 3.8) is 0 Å². The van der Waals surface area contributed by atoms with Gasteiger partial charge in [-0.05, 0) is 30.7 Å². The lowest BCUT2D eigenvalue weighted by molar-refractivity contribution is -0.116. The Morgan fingerprint density at radius 1 is 1.23 bits per heavy atom. The van der Waals surface area contributed by atoms with Crippen LogP contribution in [0.4, 0.5) is 0 Å². The summed E-state index contributed by atoms with van der Waals surface area (Å²) < 4.78 is 0. The van der Waals surface area contributed by atoms with Gasteiger partial charge in [0, 0.05) is 0 Å². The van der Waals surface area contributed by atoms with E-state index in [0.717, 1.165) is 5.92 Å². The summed E-state index contributed by atoms with van der Waals surface area (Å²) in [5, 5.41) is 0.259. The third-order valence-electron chi connectivity index (χ3n) is 2.10. The van der Waals surface area contributed by atoms with Crippen molar-refractivity contribution in [2.24, 2.45) is 5.92 Å². The van der Waals surface area contributed by atoms with Gasteiger partial charge in [-0.25, -0.2) is 0 Å². The first-order chi connectivity index (χ1) is 5.82. The molecule has 1 unspecified atom stereocenters. The summed E-state index contributed by atoms with van der Waals surface area (Å²) in [4.78, 5) is 10.6. The molecule has 1 nitrogen and oxygen atoms in total. The highest BCUT2D eigenvalue weighted by atomic mass is 32.2. The molecule has 1 atom stereocenters. The highest BCUT2D eigenvalue weighted by molar-refractivity contribution is 7.96. The number of ketones is 1. The van der Waals surface area contributed by atoms with Crippen LogP contribution in [0.3, 0.4) is 0 Å². The van der Waals surface area contributed by atoms with Crippen LogP contribution in [0.5, 0.6) is 0 Å². The van der Waals surface area contributed by atoms with Gasteiger partial charge in [-0.1, -0.05) is 27.2 Å². The van der Waals surface area contributed by atoms with Crippen LogP contribution in [0.25, 0.3) is 0 Å². The van der Waals surface area contributed by atoms with Crippen LogP contribution in [0.2, 0.25) is 0 Å². The van der Waals surface area contributed by atoms with Crippen LogP contribution in [0.15, 0.2) is 0 Å². The Kier molecular flexibility index (Phi) is 10.3. The molecule has 2 heteroatoms. The van der Waals surface area contributed by atoms with Gasteiger partial charge >= 0.3 is 0 Å². The summed E-state index contributed by atoms with van der Waals surface area (Å²) in [7, 11) is 0.260. The molecule has 0 aromatic heterocycles. The molecule has 0 saturated carbocycles. The minimum atomic E-state index is 0.259. The smallest absolute Gasteiger partial charge is 0.181 e. The maximum Gasteiger partial charge on any atom is 0.181 e. The molecule has 0 rings (SSSR count). The lowest BCUT2D eigenvalue weighted by atomic mass is 10.2. The highest BCUT2D eigenvalue weighted by Gasteiger charge is 2.19. The fourth-order valence-electron chi connectivity index (χ4n) is 0.332. The van der Waals surface area contributed by atoms with Crippen molar-refractivity contribution in [2.75, 3.05) is 12.5 Å². The zero-order valence-corrected chi connectivity index (χ0v) is 11.0. The molecular formula is C11H25OS+. The Hall–Kier alpha value is 0.0200. The zero-order chi connectivity index (χ0) is 11.0. The van der Waals surface area contributed by atoms with Crippen molar-refractivity contribution in [1.82, 2.24) is 0 Å². The number of hydrogen-bond acceptors (Lipinski definition) is 1. The predicted octanol–water partition coefficient (Wildman–Crippen LogP) is 2.89. The summed E-state index contributed by atoms with van der Waals surface area (Å²) in [5.74, 6) is 1.19. The van der Waals surface area contributed by atoms with Gasteiger partial charge in [-0.15, -0.1) is 0 Å². The van der Waals surface area contributed by atoms with Gasteiger partial charge in [0.1, 0.15) is 0 Å². The second-order valence-electron chi connectivity index (χ2n) is 3.93. The molecule has 0 aliphatic heterocycles. The summed E-state index contributed by atoms with van der Waals surface area (Å²) in [5.41, 5.74) is 0. The first-order valence-corrected chi connectivity index (χ1v) is 7.00.